The van der Waals surface area contributed by atoms with E-state index < -0.39 is 0 Å². The van der Waals surface area contributed by atoms with Crippen molar-refractivity contribution in [3.63, 3.8) is 0 Å². The summed E-state index contributed by atoms with van der Waals surface area (Å²) in [6, 6.07) is 5.98. The fourth-order valence-corrected chi connectivity index (χ4v) is 1.67. The molecule has 1 rings (SSSR count). The van der Waals surface area contributed by atoms with E-state index in [0.29, 0.717) is 0 Å². The topological polar surface area (TPSA) is 41.1 Å². The summed E-state index contributed by atoms with van der Waals surface area (Å²) < 4.78 is 3.13. The number of benzene rings is 1. The molecule has 0 spiro atoms. The minimum absolute atomic E-state index is 0.204. The fourth-order valence-electron chi connectivity index (χ4n) is 1.06. The van der Waals surface area contributed by atoms with E-state index in [-0.39, 0.29) is 5.92 Å². The maximum absolute atomic E-state index is 9.50. The summed E-state index contributed by atoms with van der Waals surface area (Å²) in [4.78, 5) is 9.50. The Balaban J connectivity index is 0.000000494. The fraction of sp³-hybridized carbons (Fsp3) is 0.462. The van der Waals surface area contributed by atoms with Crippen LogP contribution in [0.15, 0.2) is 18.2 Å². The Morgan fingerprint density at radius 3 is 2.44 bits per heavy atom. The van der Waals surface area contributed by atoms with Gasteiger partial charge in [0.05, 0.1) is 0 Å². The molecule has 3 nitrogen and oxygen atoms in total. The van der Waals surface area contributed by atoms with Crippen molar-refractivity contribution in [3.05, 3.63) is 28.8 Å². The molecule has 0 amide bonds. The van der Waals surface area contributed by atoms with Crippen LogP contribution in [0.4, 0.5) is 5.69 Å². The minimum atomic E-state index is 0.204. The Morgan fingerprint density at radius 2 is 2.06 bits per heavy atom. The van der Waals surface area contributed by atoms with Crippen LogP contribution in [-0.4, -0.2) is 19.6 Å². The third-order valence-electron chi connectivity index (χ3n) is 1.91. The summed E-state index contributed by atoms with van der Waals surface area (Å²) in [5.74, 6) is 0.204. The van der Waals surface area contributed by atoms with Crippen LogP contribution < -0.4 is 10.0 Å². The molecular formula is C13H21ClN2OS. The van der Waals surface area contributed by atoms with Gasteiger partial charge in [-0.05, 0) is 24.7 Å². The van der Waals surface area contributed by atoms with E-state index in [4.69, 9.17) is 11.6 Å². The first-order chi connectivity index (χ1) is 8.54. The lowest BCUT2D eigenvalue weighted by molar-refractivity contribution is -0.110. The zero-order chi connectivity index (χ0) is 14.0. The summed E-state index contributed by atoms with van der Waals surface area (Å²) >= 11 is 7.61. The van der Waals surface area contributed by atoms with Gasteiger partial charge in [-0.3, -0.25) is 0 Å². The maximum Gasteiger partial charge on any atom is 0.122 e. The summed E-state index contributed by atoms with van der Waals surface area (Å²) in [5, 5.41) is 3.87. The van der Waals surface area contributed by atoms with Crippen molar-refractivity contribution >= 4 is 35.5 Å². The Labute approximate surface area is 119 Å². The van der Waals surface area contributed by atoms with Crippen LogP contribution in [0.3, 0.4) is 0 Å². The number of carbonyl (C=O) groups is 1. The van der Waals surface area contributed by atoms with E-state index in [1.807, 2.05) is 45.4 Å². The molecule has 0 radical (unpaired) electrons. The van der Waals surface area contributed by atoms with E-state index in [2.05, 4.69) is 10.0 Å². The number of hydrogen-bond acceptors (Lipinski definition) is 4. The van der Waals surface area contributed by atoms with Gasteiger partial charge in [0.25, 0.3) is 0 Å². The highest BCUT2D eigenvalue weighted by atomic mass is 35.5. The zero-order valence-electron chi connectivity index (χ0n) is 11.3. The number of nitrogens with one attached hydrogen (secondary N) is 2. The largest absolute Gasteiger partial charge is 0.330 e. The van der Waals surface area contributed by atoms with E-state index in [1.54, 1.807) is 11.9 Å². The van der Waals surface area contributed by atoms with E-state index >= 15 is 0 Å². The van der Waals surface area contributed by atoms with Crippen LogP contribution in [-0.2, 0) is 11.3 Å². The third kappa shape index (κ3) is 7.58. The number of carbonyl (C=O) groups excluding carboxylic acids is 1. The van der Waals surface area contributed by atoms with Crippen LogP contribution in [0, 0.1) is 5.92 Å². The molecule has 0 saturated carbocycles. The third-order valence-corrected chi connectivity index (χ3v) is 2.70. The lowest BCUT2D eigenvalue weighted by Crippen LogP contribution is -2.05. The summed E-state index contributed by atoms with van der Waals surface area (Å²) in [6.07, 6.45) is 2.90. The molecule has 102 valence electrons. The van der Waals surface area contributed by atoms with Crippen LogP contribution in [0.5, 0.6) is 0 Å². The lowest BCUT2D eigenvalue weighted by Gasteiger charge is -2.06. The second kappa shape index (κ2) is 10.2. The molecule has 0 saturated heterocycles. The molecule has 0 atom stereocenters. The van der Waals surface area contributed by atoms with Gasteiger partial charge in [0.2, 0.25) is 0 Å². The molecule has 5 heteroatoms. The second-order valence-corrected chi connectivity index (χ2v) is 5.04. The van der Waals surface area contributed by atoms with Crippen molar-refractivity contribution in [2.24, 2.45) is 5.92 Å². The summed E-state index contributed by atoms with van der Waals surface area (Å²) in [5.41, 5.74) is 2.16. The second-order valence-electron chi connectivity index (χ2n) is 4.02. The monoisotopic (exact) mass is 288 g/mol. The lowest BCUT2D eigenvalue weighted by atomic mass is 10.2. The Bertz CT molecular complexity index is 359. The van der Waals surface area contributed by atoms with Gasteiger partial charge in [-0.2, -0.15) is 0 Å². The van der Waals surface area contributed by atoms with Crippen LogP contribution in [0.25, 0.3) is 0 Å². The molecular weight excluding hydrogens is 268 g/mol. The number of hydrogen-bond donors (Lipinski definition) is 2. The van der Waals surface area contributed by atoms with Crippen molar-refractivity contribution in [3.8, 4) is 0 Å². The van der Waals surface area contributed by atoms with Gasteiger partial charge in [-0.25, -0.2) is 0 Å². The van der Waals surface area contributed by atoms with E-state index in [1.165, 1.54) is 0 Å². The van der Waals surface area contributed by atoms with Gasteiger partial charge in [0.15, 0.2) is 0 Å². The molecule has 18 heavy (non-hydrogen) atoms. The molecule has 0 heterocycles. The Hall–Kier alpha value is -0.710. The first-order valence-electron chi connectivity index (χ1n) is 5.72. The molecule has 0 bridgehead atoms. The minimum Gasteiger partial charge on any atom is -0.330 e. The highest BCUT2D eigenvalue weighted by Crippen LogP contribution is 2.22. The molecule has 1 aromatic carbocycles. The van der Waals surface area contributed by atoms with Gasteiger partial charge in [0, 0.05) is 29.4 Å². The van der Waals surface area contributed by atoms with Crippen LogP contribution >= 0.6 is 23.5 Å². The van der Waals surface area contributed by atoms with Gasteiger partial charge in [-0.1, -0.05) is 43.5 Å². The smallest absolute Gasteiger partial charge is 0.122 e. The highest BCUT2D eigenvalue weighted by Gasteiger charge is 1.99. The molecule has 0 aliphatic carbocycles. The van der Waals surface area contributed by atoms with Gasteiger partial charge in [-0.15, -0.1) is 0 Å². The molecule has 0 aliphatic heterocycles. The first kappa shape index (κ1) is 17.3. The summed E-state index contributed by atoms with van der Waals surface area (Å²) in [6.45, 7) is 4.51. The molecule has 2 N–H and O–H groups in total. The molecule has 0 aromatic heterocycles. The van der Waals surface area contributed by atoms with Crippen molar-refractivity contribution in [1.29, 1.82) is 0 Å². The van der Waals surface area contributed by atoms with Crippen LogP contribution in [0.1, 0.15) is 19.4 Å². The molecule has 0 unspecified atom stereocenters. The standard InChI is InChI=1S/C9H13ClN2S.C4H8O/c1-11-6-7-3-4-8(12-13-2)5-9(7)10;1-4(2)3-5/h3-5,11-12H,6H2,1-2H3;3-4H,1-2H3. The summed E-state index contributed by atoms with van der Waals surface area (Å²) in [7, 11) is 1.91. The van der Waals surface area contributed by atoms with Crippen molar-refractivity contribution in [2.75, 3.05) is 18.0 Å². The zero-order valence-corrected chi connectivity index (χ0v) is 12.9. The van der Waals surface area contributed by atoms with Crippen molar-refractivity contribution in [2.45, 2.75) is 20.4 Å². The quantitative estimate of drug-likeness (QED) is 0.642. The maximum atomic E-state index is 9.50. The van der Waals surface area contributed by atoms with E-state index in [9.17, 15) is 4.79 Å². The van der Waals surface area contributed by atoms with Crippen LogP contribution in [0.2, 0.25) is 5.02 Å². The first-order valence-corrected chi connectivity index (χ1v) is 7.32. The van der Waals surface area contributed by atoms with Gasteiger partial charge in [0.1, 0.15) is 6.29 Å². The van der Waals surface area contributed by atoms with E-state index in [0.717, 1.165) is 29.1 Å². The number of anilines is 1. The number of aldehydes is 1. The van der Waals surface area contributed by atoms with Gasteiger partial charge < -0.3 is 14.8 Å². The average Bonchev–Trinajstić information content (AvgIpc) is 2.34. The number of rotatable bonds is 5. The van der Waals surface area contributed by atoms with Crippen molar-refractivity contribution < 1.29 is 4.79 Å². The van der Waals surface area contributed by atoms with Gasteiger partial charge >= 0.3 is 0 Å². The predicted molar refractivity (Wildman–Crippen MR) is 82.3 cm³/mol. The Morgan fingerprint density at radius 1 is 1.44 bits per heavy atom. The molecule has 0 aliphatic rings. The predicted octanol–water partition coefficient (Wildman–Crippen LogP) is 3.59. The van der Waals surface area contributed by atoms with Crippen molar-refractivity contribution in [1.82, 2.24) is 5.32 Å². The molecule has 1 aromatic rings. The molecule has 0 fully saturated rings. The average molecular weight is 289 g/mol. The Kier molecular flexibility index (Phi) is 9.83. The highest BCUT2D eigenvalue weighted by molar-refractivity contribution is 7.99. The number of halogens is 1. The SMILES string of the molecule is CC(C)C=O.CNCc1ccc(NSC)cc1Cl. The normalized spacial score (nSPS) is 9.67.